The third kappa shape index (κ3) is 4.89. The Morgan fingerprint density at radius 3 is 2.88 bits per heavy atom. The Labute approximate surface area is 156 Å². The Morgan fingerprint density at radius 2 is 2.12 bits per heavy atom. The maximum atomic E-state index is 12.6. The van der Waals surface area contributed by atoms with Gasteiger partial charge in [-0.25, -0.2) is 9.67 Å². The molecule has 1 amide bonds. The van der Waals surface area contributed by atoms with Crippen LogP contribution in [0.5, 0.6) is 0 Å². The van der Waals surface area contributed by atoms with Gasteiger partial charge in [-0.2, -0.15) is 0 Å². The molecule has 1 unspecified atom stereocenters. The maximum absolute atomic E-state index is 12.6. The second-order valence-corrected chi connectivity index (χ2v) is 7.34. The van der Waals surface area contributed by atoms with Crippen molar-refractivity contribution in [2.75, 3.05) is 18.4 Å². The molecule has 25 heavy (non-hydrogen) atoms. The molecule has 1 aromatic heterocycles. The van der Waals surface area contributed by atoms with Gasteiger partial charge in [-0.1, -0.05) is 41.4 Å². The minimum absolute atomic E-state index is 0.00883. The molecule has 7 heteroatoms. The van der Waals surface area contributed by atoms with E-state index in [9.17, 15) is 4.79 Å². The molecular weight excluding hydrogens is 382 g/mol. The lowest BCUT2D eigenvalue weighted by molar-refractivity contribution is -0.122. The predicted molar refractivity (Wildman–Crippen MR) is 101 cm³/mol. The van der Waals surface area contributed by atoms with Crippen molar-refractivity contribution in [3.05, 3.63) is 40.6 Å². The fraction of sp³-hybridized carbons (Fsp3) is 0.500. The minimum Gasteiger partial charge on any atom is -0.292 e. The lowest BCUT2D eigenvalue weighted by Crippen LogP contribution is -2.47. The zero-order valence-electron chi connectivity index (χ0n) is 14.5. The van der Waals surface area contributed by atoms with Gasteiger partial charge in [0.05, 0.1) is 12.6 Å². The summed E-state index contributed by atoms with van der Waals surface area (Å²) < 4.78 is 2.79. The molecule has 2 heterocycles. The van der Waals surface area contributed by atoms with Crippen LogP contribution in [0.3, 0.4) is 0 Å². The second kappa shape index (κ2) is 8.58. The first-order chi connectivity index (χ1) is 12.2. The number of benzene rings is 1. The van der Waals surface area contributed by atoms with E-state index in [0.29, 0.717) is 12.5 Å². The molecular formula is C18H24BrN5O. The van der Waals surface area contributed by atoms with Crippen LogP contribution in [0.4, 0.5) is 5.95 Å². The number of amides is 1. The number of carbonyl (C=O) groups excluding carboxylic acids is 1. The van der Waals surface area contributed by atoms with Crippen LogP contribution in [0, 0.1) is 0 Å². The maximum Gasteiger partial charge on any atom is 0.248 e. The van der Waals surface area contributed by atoms with Gasteiger partial charge >= 0.3 is 0 Å². The van der Waals surface area contributed by atoms with Crippen LogP contribution in [0.15, 0.2) is 35.1 Å². The fourth-order valence-electron chi connectivity index (χ4n) is 3.24. The number of piperidine rings is 1. The molecule has 1 fully saturated rings. The highest BCUT2D eigenvalue weighted by Crippen LogP contribution is 2.18. The first kappa shape index (κ1) is 18.1. The zero-order chi connectivity index (χ0) is 17.6. The topological polar surface area (TPSA) is 63.1 Å². The van der Waals surface area contributed by atoms with Gasteiger partial charge < -0.3 is 0 Å². The summed E-state index contributed by atoms with van der Waals surface area (Å²) in [5.41, 5.74) is 1.13. The number of hydrogen-bond donors (Lipinski definition) is 1. The van der Waals surface area contributed by atoms with Gasteiger partial charge in [0.2, 0.25) is 11.9 Å². The Balaban J connectivity index is 1.60. The van der Waals surface area contributed by atoms with Crippen LogP contribution in [-0.2, 0) is 11.3 Å². The molecule has 0 spiro atoms. The van der Waals surface area contributed by atoms with Crippen molar-refractivity contribution in [3.63, 3.8) is 0 Å². The molecule has 1 atom stereocenters. The van der Waals surface area contributed by atoms with Crippen LogP contribution in [0.2, 0.25) is 0 Å². The molecule has 0 saturated carbocycles. The van der Waals surface area contributed by atoms with E-state index in [1.165, 1.54) is 6.42 Å². The molecule has 6 nitrogen and oxygen atoms in total. The van der Waals surface area contributed by atoms with Crippen molar-refractivity contribution >= 4 is 27.8 Å². The van der Waals surface area contributed by atoms with Crippen molar-refractivity contribution in [2.45, 2.75) is 45.2 Å². The number of halogens is 1. The van der Waals surface area contributed by atoms with E-state index in [1.807, 2.05) is 24.3 Å². The predicted octanol–water partition coefficient (Wildman–Crippen LogP) is 3.29. The molecule has 0 aliphatic carbocycles. The number of carbonyl (C=O) groups is 1. The first-order valence-corrected chi connectivity index (χ1v) is 9.64. The first-order valence-electron chi connectivity index (χ1n) is 8.84. The highest BCUT2D eigenvalue weighted by Gasteiger charge is 2.28. The average Bonchev–Trinajstić information content (AvgIpc) is 3.04. The van der Waals surface area contributed by atoms with Crippen molar-refractivity contribution < 1.29 is 4.79 Å². The van der Waals surface area contributed by atoms with Crippen LogP contribution >= 0.6 is 15.9 Å². The van der Waals surface area contributed by atoms with E-state index in [1.54, 1.807) is 11.0 Å². The molecule has 3 rings (SSSR count). The number of aromatic nitrogens is 3. The number of hydrogen-bond acceptors (Lipinski definition) is 4. The standard InChI is InChI=1S/C18H24BrN5O/c1-2-10-23-11-4-3-5-16(23)17(25)21-18-20-13-24(22-18)12-14-6-8-15(19)9-7-14/h6-9,13,16H,2-5,10-12H2,1H3,(H,21,22,25). The van der Waals surface area contributed by atoms with Gasteiger partial charge in [-0.3, -0.25) is 15.0 Å². The Bertz CT molecular complexity index is 698. The van der Waals surface area contributed by atoms with Gasteiger partial charge in [0, 0.05) is 4.47 Å². The van der Waals surface area contributed by atoms with Crippen molar-refractivity contribution in [2.24, 2.45) is 0 Å². The van der Waals surface area contributed by atoms with Crippen LogP contribution in [-0.4, -0.2) is 44.7 Å². The van der Waals surface area contributed by atoms with Gasteiger partial charge in [0.25, 0.3) is 0 Å². The highest BCUT2D eigenvalue weighted by atomic mass is 79.9. The van der Waals surface area contributed by atoms with Crippen LogP contribution in [0.1, 0.15) is 38.2 Å². The third-order valence-electron chi connectivity index (χ3n) is 4.46. The van der Waals surface area contributed by atoms with Gasteiger partial charge in [0.1, 0.15) is 6.33 Å². The van der Waals surface area contributed by atoms with E-state index in [2.05, 4.69) is 43.2 Å². The quantitative estimate of drug-likeness (QED) is 0.800. The molecule has 1 aromatic carbocycles. The summed E-state index contributed by atoms with van der Waals surface area (Å²) in [7, 11) is 0. The molecule has 1 N–H and O–H groups in total. The molecule has 0 bridgehead atoms. The Kier molecular flexibility index (Phi) is 6.20. The van der Waals surface area contributed by atoms with Gasteiger partial charge in [0.15, 0.2) is 0 Å². The Hall–Kier alpha value is -1.73. The number of likely N-dealkylation sites (tertiary alicyclic amines) is 1. The van der Waals surface area contributed by atoms with Gasteiger partial charge in [-0.15, -0.1) is 5.10 Å². The average molecular weight is 406 g/mol. The normalized spacial score (nSPS) is 18.2. The summed E-state index contributed by atoms with van der Waals surface area (Å²) in [5, 5.41) is 7.26. The number of nitrogens with one attached hydrogen (secondary N) is 1. The molecule has 1 aliphatic rings. The van der Waals surface area contributed by atoms with E-state index in [4.69, 9.17) is 0 Å². The van der Waals surface area contributed by atoms with E-state index in [-0.39, 0.29) is 11.9 Å². The van der Waals surface area contributed by atoms with Crippen molar-refractivity contribution in [3.8, 4) is 0 Å². The molecule has 1 saturated heterocycles. The number of anilines is 1. The second-order valence-electron chi connectivity index (χ2n) is 6.43. The summed E-state index contributed by atoms with van der Waals surface area (Å²) in [6, 6.07) is 8.01. The number of rotatable bonds is 6. The molecule has 1 aliphatic heterocycles. The third-order valence-corrected chi connectivity index (χ3v) is 4.99. The zero-order valence-corrected chi connectivity index (χ0v) is 16.1. The van der Waals surface area contributed by atoms with Crippen LogP contribution in [0.25, 0.3) is 0 Å². The smallest absolute Gasteiger partial charge is 0.248 e. The number of nitrogens with zero attached hydrogens (tertiary/aromatic N) is 4. The lowest BCUT2D eigenvalue weighted by Gasteiger charge is -2.34. The fourth-order valence-corrected chi connectivity index (χ4v) is 3.51. The molecule has 2 aromatic rings. The van der Waals surface area contributed by atoms with Gasteiger partial charge in [-0.05, 0) is 50.0 Å². The molecule has 0 radical (unpaired) electrons. The van der Waals surface area contributed by atoms with E-state index >= 15 is 0 Å². The SMILES string of the molecule is CCCN1CCCCC1C(=O)Nc1ncn(Cc2ccc(Br)cc2)n1. The summed E-state index contributed by atoms with van der Waals surface area (Å²) in [4.78, 5) is 19.1. The highest BCUT2D eigenvalue weighted by molar-refractivity contribution is 9.10. The van der Waals surface area contributed by atoms with E-state index < -0.39 is 0 Å². The monoisotopic (exact) mass is 405 g/mol. The lowest BCUT2D eigenvalue weighted by atomic mass is 10.0. The minimum atomic E-state index is -0.0628. The summed E-state index contributed by atoms with van der Waals surface area (Å²) >= 11 is 3.43. The van der Waals surface area contributed by atoms with Crippen molar-refractivity contribution in [1.82, 2.24) is 19.7 Å². The van der Waals surface area contributed by atoms with Crippen LogP contribution < -0.4 is 5.32 Å². The summed E-state index contributed by atoms with van der Waals surface area (Å²) in [6.07, 6.45) is 5.89. The summed E-state index contributed by atoms with van der Waals surface area (Å²) in [5.74, 6) is 0.388. The van der Waals surface area contributed by atoms with E-state index in [0.717, 1.165) is 42.4 Å². The summed E-state index contributed by atoms with van der Waals surface area (Å²) in [6.45, 7) is 4.73. The Morgan fingerprint density at radius 1 is 1.32 bits per heavy atom. The molecule has 134 valence electrons. The largest absolute Gasteiger partial charge is 0.292 e. The van der Waals surface area contributed by atoms with Crippen molar-refractivity contribution in [1.29, 1.82) is 0 Å².